The van der Waals surface area contributed by atoms with Crippen LogP contribution in [0.25, 0.3) is 0 Å². The van der Waals surface area contributed by atoms with E-state index in [1.54, 1.807) is 6.92 Å². The Kier molecular flexibility index (Phi) is 7.84. The molecule has 2 aliphatic heterocycles. The number of furan rings is 1. The molecule has 0 saturated carbocycles. The lowest BCUT2D eigenvalue weighted by Crippen LogP contribution is -2.55. The smallest absolute Gasteiger partial charge is 0.401 e. The van der Waals surface area contributed by atoms with Crippen LogP contribution in [0.5, 0.6) is 0 Å². The van der Waals surface area contributed by atoms with Crippen LogP contribution in [0.4, 0.5) is 23.5 Å². The second kappa shape index (κ2) is 11.1. The van der Waals surface area contributed by atoms with E-state index in [9.17, 15) is 40.7 Å². The zero-order valence-corrected chi connectivity index (χ0v) is 22.9. The second-order valence-electron chi connectivity index (χ2n) is 10.1. The number of halogens is 4. The molecule has 4 heterocycles. The van der Waals surface area contributed by atoms with Gasteiger partial charge in [-0.15, -0.1) is 5.10 Å². The van der Waals surface area contributed by atoms with Crippen LogP contribution >= 0.6 is 0 Å². The normalized spacial score (nSPS) is 22.1. The Morgan fingerprint density at radius 3 is 2.50 bits per heavy atom. The molecule has 226 valence electrons. The van der Waals surface area contributed by atoms with Gasteiger partial charge in [-0.1, -0.05) is 12.1 Å². The van der Waals surface area contributed by atoms with Crippen LogP contribution in [0.1, 0.15) is 46.3 Å². The summed E-state index contributed by atoms with van der Waals surface area (Å²) in [5.41, 5.74) is 0.596. The first-order valence-corrected chi connectivity index (χ1v) is 14.3. The molecule has 2 N–H and O–H groups in total. The lowest BCUT2D eigenvalue weighted by atomic mass is 9.84. The molecule has 2 fully saturated rings. The van der Waals surface area contributed by atoms with Crippen molar-refractivity contribution in [1.29, 1.82) is 0 Å². The van der Waals surface area contributed by atoms with Crippen LogP contribution < -0.4 is 5.32 Å². The molecule has 0 aliphatic carbocycles. The number of aryl methyl sites for hydroxylation is 1. The van der Waals surface area contributed by atoms with Gasteiger partial charge in [-0.2, -0.15) is 35.6 Å². The van der Waals surface area contributed by atoms with E-state index in [1.807, 2.05) is 0 Å². The van der Waals surface area contributed by atoms with Crippen molar-refractivity contribution in [3.8, 4) is 0 Å². The van der Waals surface area contributed by atoms with Crippen LogP contribution in [0.2, 0.25) is 0 Å². The quantitative estimate of drug-likeness (QED) is 0.383. The first kappa shape index (κ1) is 29.7. The van der Waals surface area contributed by atoms with Gasteiger partial charge in [0.2, 0.25) is 11.9 Å². The summed E-state index contributed by atoms with van der Waals surface area (Å²) in [6, 6.07) is 6.72. The predicted molar refractivity (Wildman–Crippen MR) is 137 cm³/mol. The highest BCUT2D eigenvalue weighted by Crippen LogP contribution is 2.44. The van der Waals surface area contributed by atoms with Gasteiger partial charge < -0.3 is 14.8 Å². The van der Waals surface area contributed by atoms with Gasteiger partial charge in [0, 0.05) is 32.1 Å². The highest BCUT2D eigenvalue weighted by Gasteiger charge is 2.57. The minimum Gasteiger partial charge on any atom is -0.469 e. The van der Waals surface area contributed by atoms with Crippen molar-refractivity contribution in [2.24, 2.45) is 5.92 Å². The number of hydrogen-bond donors (Lipinski definition) is 2. The molecule has 3 unspecified atom stereocenters. The molecule has 0 spiro atoms. The monoisotopic (exact) mass is 614 g/mol. The van der Waals surface area contributed by atoms with E-state index in [2.05, 4.69) is 15.4 Å². The number of alkyl halides is 3. The van der Waals surface area contributed by atoms with E-state index in [0.717, 1.165) is 15.3 Å². The van der Waals surface area contributed by atoms with Gasteiger partial charge in [0.05, 0.1) is 11.7 Å². The fraction of sp³-hybridized carbons (Fsp3) is 0.440. The molecule has 3 atom stereocenters. The lowest BCUT2D eigenvalue weighted by molar-refractivity contribution is -0.195. The van der Waals surface area contributed by atoms with Gasteiger partial charge in [-0.05, 0) is 43.5 Å². The summed E-state index contributed by atoms with van der Waals surface area (Å²) in [5, 5.41) is 16.6. The van der Waals surface area contributed by atoms with Gasteiger partial charge in [-0.3, -0.25) is 9.59 Å². The fourth-order valence-electron chi connectivity index (χ4n) is 5.00. The number of hydrogen-bond acceptors (Lipinski definition) is 9. The SMILES string of the molecule is Cc1cc(C(=O)n2nc(C3CCN(S(=O)(=O)N4CCC(O)C4)C(=O)C3C(F)(F)F)nc2NCc2ccc(F)cc2)co1. The van der Waals surface area contributed by atoms with E-state index in [1.165, 1.54) is 30.3 Å². The number of carbonyl (C=O) groups is 2. The molecular weight excluding hydrogens is 588 g/mol. The summed E-state index contributed by atoms with van der Waals surface area (Å²) in [6.07, 6.45) is -5.42. The largest absolute Gasteiger partial charge is 0.469 e. The Balaban J connectivity index is 1.48. The highest BCUT2D eigenvalue weighted by atomic mass is 32.2. The topological polar surface area (TPSA) is 151 Å². The average molecular weight is 615 g/mol. The molecule has 12 nitrogen and oxygen atoms in total. The van der Waals surface area contributed by atoms with Crippen molar-refractivity contribution in [2.45, 2.75) is 44.5 Å². The van der Waals surface area contributed by atoms with Gasteiger partial charge in [-0.25, -0.2) is 8.70 Å². The molecule has 2 aliphatic rings. The van der Waals surface area contributed by atoms with E-state index < -0.39 is 70.7 Å². The first-order chi connectivity index (χ1) is 19.8. The number of anilines is 1. The van der Waals surface area contributed by atoms with Gasteiger partial charge in [0.25, 0.3) is 5.91 Å². The minimum atomic E-state index is -5.18. The number of aliphatic hydroxyl groups excluding tert-OH is 1. The Morgan fingerprint density at radius 2 is 1.90 bits per heavy atom. The molecular formula is C25H26F4N6O6S. The minimum absolute atomic E-state index is 0.00386. The lowest BCUT2D eigenvalue weighted by Gasteiger charge is -2.38. The van der Waals surface area contributed by atoms with Crippen LogP contribution in [-0.4, -0.2) is 80.6 Å². The standard InChI is InChI=1S/C25H26F4N6O6S/c1-14-10-16(13-41-14)22(37)35-24(30-11-15-2-4-17(26)5-3-15)31-21(32-35)19-7-9-34(23(38)20(19)25(27,28)29)42(39,40)33-8-6-18(36)12-33/h2-5,10,13,18-20,36H,6-9,11-12H2,1H3,(H,30,31,32). The summed E-state index contributed by atoms with van der Waals surface area (Å²) in [5.74, 6) is -7.83. The summed E-state index contributed by atoms with van der Waals surface area (Å²) in [7, 11) is -4.63. The van der Waals surface area contributed by atoms with Crippen molar-refractivity contribution in [1.82, 2.24) is 23.4 Å². The van der Waals surface area contributed by atoms with E-state index >= 15 is 0 Å². The predicted octanol–water partition coefficient (Wildman–Crippen LogP) is 2.43. The summed E-state index contributed by atoms with van der Waals surface area (Å²) in [4.78, 5) is 30.6. The maximum absolute atomic E-state index is 14.4. The van der Waals surface area contributed by atoms with Crippen molar-refractivity contribution in [3.05, 3.63) is 65.1 Å². The van der Waals surface area contributed by atoms with E-state index in [0.29, 0.717) is 11.3 Å². The highest BCUT2D eigenvalue weighted by molar-refractivity contribution is 7.87. The maximum atomic E-state index is 14.4. The fourth-order valence-corrected chi connectivity index (χ4v) is 6.65. The van der Waals surface area contributed by atoms with E-state index in [4.69, 9.17) is 4.42 Å². The van der Waals surface area contributed by atoms with E-state index in [-0.39, 0.29) is 41.9 Å². The molecule has 2 saturated heterocycles. The Morgan fingerprint density at radius 1 is 1.19 bits per heavy atom. The van der Waals surface area contributed by atoms with Crippen LogP contribution in [-0.2, 0) is 21.5 Å². The van der Waals surface area contributed by atoms with Gasteiger partial charge in [0.1, 0.15) is 23.8 Å². The molecule has 1 amide bonds. The van der Waals surface area contributed by atoms with Crippen molar-refractivity contribution >= 4 is 28.0 Å². The summed E-state index contributed by atoms with van der Waals surface area (Å²) >= 11 is 0. The number of piperidine rings is 1. The first-order valence-electron chi connectivity index (χ1n) is 12.9. The summed E-state index contributed by atoms with van der Waals surface area (Å²) in [6.45, 7) is 0.513. The third kappa shape index (κ3) is 5.76. The third-order valence-corrected chi connectivity index (χ3v) is 9.03. The molecule has 17 heteroatoms. The average Bonchev–Trinajstić information content (AvgIpc) is 3.67. The number of amides is 1. The summed E-state index contributed by atoms with van der Waals surface area (Å²) < 4.78 is 89.4. The number of β-amino-alcohol motifs (C(OH)–C–C–N with tert-alkyl or cyclic N) is 1. The zero-order valence-electron chi connectivity index (χ0n) is 22.1. The number of aliphatic hydroxyl groups is 1. The maximum Gasteiger partial charge on any atom is 0.401 e. The van der Waals surface area contributed by atoms with Gasteiger partial charge >= 0.3 is 16.4 Å². The number of aromatic nitrogens is 3. The van der Waals surface area contributed by atoms with Crippen LogP contribution in [0, 0.1) is 18.7 Å². The molecule has 0 radical (unpaired) electrons. The van der Waals surface area contributed by atoms with Crippen molar-refractivity contribution in [2.75, 3.05) is 25.0 Å². The molecule has 5 rings (SSSR count). The Hall–Kier alpha value is -3.83. The molecule has 1 aromatic carbocycles. The third-order valence-electron chi connectivity index (χ3n) is 7.13. The Labute approximate surface area is 237 Å². The molecule has 0 bridgehead atoms. The number of nitrogens with zero attached hydrogens (tertiary/aromatic N) is 5. The van der Waals surface area contributed by atoms with Crippen LogP contribution in [0.3, 0.4) is 0 Å². The molecule has 2 aromatic heterocycles. The molecule has 42 heavy (non-hydrogen) atoms. The zero-order chi connectivity index (χ0) is 30.4. The van der Waals surface area contributed by atoms with Crippen molar-refractivity contribution < 1.29 is 45.1 Å². The number of nitrogens with one attached hydrogen (secondary N) is 1. The molecule has 3 aromatic rings. The number of rotatable bonds is 7. The van der Waals surface area contributed by atoms with Crippen LogP contribution in [0.15, 0.2) is 41.0 Å². The second-order valence-corrected chi connectivity index (χ2v) is 11.9. The van der Waals surface area contributed by atoms with Gasteiger partial charge in [0.15, 0.2) is 5.82 Å². The number of carbonyl (C=O) groups excluding carboxylic acids is 2. The number of benzene rings is 1. The van der Waals surface area contributed by atoms with Crippen molar-refractivity contribution in [3.63, 3.8) is 0 Å². The Bertz CT molecular complexity index is 1590.